The summed E-state index contributed by atoms with van der Waals surface area (Å²) in [4.78, 5) is 2.82. The Hall–Kier alpha value is -4.02. The second-order valence-corrected chi connectivity index (χ2v) is 17.9. The summed E-state index contributed by atoms with van der Waals surface area (Å²) in [5.41, 5.74) is 12.5. The third-order valence-electron chi connectivity index (χ3n) is 16.5. The summed E-state index contributed by atoms with van der Waals surface area (Å²) >= 11 is 0. The van der Waals surface area contributed by atoms with Gasteiger partial charge in [0.1, 0.15) is 0 Å². The molecule has 8 aromatic carbocycles. The number of fused-ring (bicyclic) bond motifs is 1. The maximum absolute atomic E-state index is 6.10. The molecule has 49 heavy (non-hydrogen) atoms. The van der Waals surface area contributed by atoms with Crippen LogP contribution >= 0.6 is 0 Å². The summed E-state index contributed by atoms with van der Waals surface area (Å²) in [5.74, 6) is 2.29. The molecule has 2 fully saturated rings. The minimum atomic E-state index is 0.231. The molecule has 8 aromatic rings. The largest absolute Gasteiger partial charge is 0.382 e. The Balaban J connectivity index is 1.15. The molecular formula is C46H31NO2. The molecule has 3 nitrogen and oxygen atoms in total. The molecule has 1 saturated carbocycles. The van der Waals surface area contributed by atoms with E-state index < -0.39 is 0 Å². The van der Waals surface area contributed by atoms with Gasteiger partial charge in [-0.25, -0.2) is 0 Å². The van der Waals surface area contributed by atoms with Crippen molar-refractivity contribution in [2.75, 3.05) is 46.6 Å². The fourth-order valence-electron chi connectivity index (χ4n) is 15.7. The molecule has 9 aliphatic rings. The van der Waals surface area contributed by atoms with Gasteiger partial charge in [0.2, 0.25) is 0 Å². The van der Waals surface area contributed by atoms with Crippen LogP contribution in [0.1, 0.15) is 46.9 Å². The molecule has 3 heteroatoms. The lowest BCUT2D eigenvalue weighted by molar-refractivity contribution is 0.0593. The first-order chi connectivity index (χ1) is 24.2. The lowest BCUT2D eigenvalue weighted by atomic mass is 9.63. The summed E-state index contributed by atoms with van der Waals surface area (Å²) in [6.07, 6.45) is 10.4. The summed E-state index contributed by atoms with van der Waals surface area (Å²) in [7, 11) is 1.77. The van der Waals surface area contributed by atoms with Gasteiger partial charge in [0.15, 0.2) is 0 Å². The zero-order valence-electron chi connectivity index (χ0n) is 27.5. The lowest BCUT2D eigenvalue weighted by Gasteiger charge is -2.39. The minimum absolute atomic E-state index is 0.231. The van der Waals surface area contributed by atoms with Gasteiger partial charge in [0.05, 0.1) is 19.8 Å². The Bertz CT molecular complexity index is 3440. The third-order valence-corrected chi connectivity index (χ3v) is 16.5. The number of methoxy groups -OCH3 is 1. The van der Waals surface area contributed by atoms with Crippen LogP contribution in [0.5, 0.6) is 0 Å². The highest BCUT2D eigenvalue weighted by molar-refractivity contribution is 6.54. The van der Waals surface area contributed by atoms with Crippen LogP contribution in [0.2, 0.25) is 0 Å². The van der Waals surface area contributed by atoms with Crippen molar-refractivity contribution < 1.29 is 9.47 Å². The molecule has 5 unspecified atom stereocenters. The fraction of sp³-hybridized carbons (Fsp3) is 0.348. The number of nitrogens with zero attached hydrogens (tertiary/aromatic N) is 1. The topological polar surface area (TPSA) is 21.7 Å². The quantitative estimate of drug-likeness (QED) is 0.199. The number of hydrogen-bond acceptors (Lipinski definition) is 3. The van der Waals surface area contributed by atoms with Crippen LogP contribution in [0.3, 0.4) is 0 Å². The van der Waals surface area contributed by atoms with Gasteiger partial charge in [-0.1, -0.05) is 35.4 Å². The second kappa shape index (κ2) is 6.60. The van der Waals surface area contributed by atoms with E-state index in [1.54, 1.807) is 136 Å². The molecule has 0 amide bonds. The SMILES string of the molecule is COCCOCCN1CC2C3=c4c5c6c7c8c9c(cc%10c%11c%12c%13c%14c(cc%15c%16c(c4c6c(c%16%14)c%13c7c%119)=C(C3)C%15)=CC%12C%10)=CC3CC2(C1)C=5C83. The molecule has 8 aliphatic carbocycles. The average Bonchev–Trinajstić information content (AvgIpc) is 3.94. The van der Waals surface area contributed by atoms with E-state index >= 15 is 0 Å². The first-order valence-corrected chi connectivity index (χ1v) is 19.1. The van der Waals surface area contributed by atoms with Crippen molar-refractivity contribution in [1.82, 2.24) is 4.90 Å². The van der Waals surface area contributed by atoms with E-state index in [9.17, 15) is 0 Å². The van der Waals surface area contributed by atoms with Crippen molar-refractivity contribution in [3.8, 4) is 0 Å². The van der Waals surface area contributed by atoms with Crippen LogP contribution in [-0.2, 0) is 22.3 Å². The molecule has 1 spiro atoms. The molecule has 1 aliphatic heterocycles. The van der Waals surface area contributed by atoms with E-state index in [2.05, 4.69) is 29.2 Å². The van der Waals surface area contributed by atoms with Crippen LogP contribution in [0.4, 0.5) is 0 Å². The summed E-state index contributed by atoms with van der Waals surface area (Å²) < 4.78 is 11.4. The van der Waals surface area contributed by atoms with Gasteiger partial charge < -0.3 is 9.47 Å². The summed E-state index contributed by atoms with van der Waals surface area (Å²) in [6, 6.07) is 5.37. The van der Waals surface area contributed by atoms with Gasteiger partial charge in [-0.05, 0) is 161 Å². The molecule has 0 N–H and O–H groups in total. The molecule has 1 saturated heterocycles. The predicted octanol–water partition coefficient (Wildman–Crippen LogP) is 4.58. The Morgan fingerprint density at radius 2 is 1.53 bits per heavy atom. The van der Waals surface area contributed by atoms with Gasteiger partial charge in [-0.2, -0.15) is 0 Å². The Morgan fingerprint density at radius 3 is 2.47 bits per heavy atom. The van der Waals surface area contributed by atoms with E-state index in [0.717, 1.165) is 19.6 Å². The van der Waals surface area contributed by atoms with Gasteiger partial charge in [0.25, 0.3) is 0 Å². The summed E-state index contributed by atoms with van der Waals surface area (Å²) in [6.45, 7) is 5.58. The monoisotopic (exact) mass is 629 g/mol. The average molecular weight is 630 g/mol. The van der Waals surface area contributed by atoms with Crippen molar-refractivity contribution in [3.05, 3.63) is 60.5 Å². The maximum atomic E-state index is 6.10. The first kappa shape index (κ1) is 23.4. The normalized spacial score (nSPS) is 29.9. The van der Waals surface area contributed by atoms with Crippen LogP contribution in [0, 0.1) is 17.3 Å². The molecule has 1 heterocycles. The number of rotatable bonds is 6. The number of hydrogen-bond donors (Lipinski definition) is 0. The zero-order valence-corrected chi connectivity index (χ0v) is 27.5. The van der Waals surface area contributed by atoms with E-state index in [0.29, 0.717) is 36.9 Å². The Labute approximate surface area is 279 Å². The van der Waals surface area contributed by atoms with Gasteiger partial charge in [0, 0.05) is 49.9 Å². The molecule has 0 aromatic heterocycles. The molecule has 0 bridgehead atoms. The summed E-state index contributed by atoms with van der Waals surface area (Å²) in [5, 5.41) is 31.9. The highest BCUT2D eigenvalue weighted by Crippen LogP contribution is 2.70. The lowest BCUT2D eigenvalue weighted by Crippen LogP contribution is -2.46. The zero-order chi connectivity index (χ0) is 30.7. The van der Waals surface area contributed by atoms with Crippen LogP contribution in [-0.4, -0.2) is 51.5 Å². The van der Waals surface area contributed by atoms with Crippen molar-refractivity contribution >= 4 is 104 Å². The van der Waals surface area contributed by atoms with Gasteiger partial charge in [-0.3, -0.25) is 4.90 Å². The van der Waals surface area contributed by atoms with E-state index in [1.807, 2.05) is 11.1 Å². The van der Waals surface area contributed by atoms with E-state index in [4.69, 9.17) is 9.47 Å². The Kier molecular flexibility index (Phi) is 3.15. The Morgan fingerprint density at radius 1 is 0.714 bits per heavy atom. The first-order valence-electron chi connectivity index (χ1n) is 19.1. The van der Waals surface area contributed by atoms with Crippen LogP contribution < -0.4 is 26.1 Å². The van der Waals surface area contributed by atoms with Gasteiger partial charge in [-0.15, -0.1) is 0 Å². The highest BCUT2D eigenvalue weighted by atomic mass is 16.5. The predicted molar refractivity (Wildman–Crippen MR) is 197 cm³/mol. The second-order valence-electron chi connectivity index (χ2n) is 17.9. The number of ether oxygens (including phenoxy) is 2. The number of benzene rings is 5. The number of likely N-dealkylation sites (tertiary alicyclic amines) is 1. The fourth-order valence-corrected chi connectivity index (χ4v) is 15.7. The minimum Gasteiger partial charge on any atom is -0.382 e. The van der Waals surface area contributed by atoms with Crippen LogP contribution in [0.15, 0.2) is 12.1 Å². The molecular weight excluding hydrogens is 599 g/mol. The van der Waals surface area contributed by atoms with Crippen molar-refractivity contribution in [1.29, 1.82) is 0 Å². The highest BCUT2D eigenvalue weighted by Gasteiger charge is 2.62. The molecule has 232 valence electrons. The smallest absolute Gasteiger partial charge is 0.0700 e. The third kappa shape index (κ3) is 1.92. The molecule has 0 radical (unpaired) electrons. The van der Waals surface area contributed by atoms with Crippen LogP contribution in [0.25, 0.3) is 104 Å². The maximum Gasteiger partial charge on any atom is 0.0700 e. The van der Waals surface area contributed by atoms with Gasteiger partial charge >= 0.3 is 0 Å². The van der Waals surface area contributed by atoms with Crippen molar-refractivity contribution in [3.63, 3.8) is 0 Å². The van der Waals surface area contributed by atoms with E-state index in [1.165, 1.54) is 32.4 Å². The van der Waals surface area contributed by atoms with Crippen molar-refractivity contribution in [2.24, 2.45) is 17.3 Å². The molecule has 5 atom stereocenters. The van der Waals surface area contributed by atoms with E-state index in [-0.39, 0.29) is 5.41 Å². The molecule has 17 rings (SSSR count). The standard InChI is InChI=1S/C46H31NO2/c1-48-4-5-49-3-2-47-14-24-23-12-21-10-18-8-19-7-16-6-17-9-20-11-22-13-46(24,15-47)45-31(22)36-30(20)35-26(17)25(16)33-29(19)34-27(18)28(21)37-32(23)44(45)43-41(36)39(35)38(33)40(34)42(37)43/h7-9,11,16,22,24,31H,2-6,10,12-15H2,1H3. The van der Waals surface area contributed by atoms with Crippen molar-refractivity contribution in [2.45, 2.75) is 37.5 Å².